The van der Waals surface area contributed by atoms with Crippen molar-refractivity contribution in [3.63, 3.8) is 0 Å². The van der Waals surface area contributed by atoms with Crippen molar-refractivity contribution in [2.75, 3.05) is 6.44 Å². The Morgan fingerprint density at radius 2 is 2.12 bits per heavy atom. The first-order valence-electron chi connectivity index (χ1n) is 4.42. The van der Waals surface area contributed by atoms with Crippen LogP contribution in [0.2, 0.25) is 5.02 Å². The Morgan fingerprint density at radius 3 is 2.59 bits per heavy atom. The van der Waals surface area contributed by atoms with Crippen molar-refractivity contribution in [3.05, 3.63) is 28.8 Å². The molecule has 17 heavy (non-hydrogen) atoms. The van der Waals surface area contributed by atoms with Crippen molar-refractivity contribution < 1.29 is 18.5 Å². The predicted molar refractivity (Wildman–Crippen MR) is 61.5 cm³/mol. The maximum atomic E-state index is 11.6. The lowest BCUT2D eigenvalue weighted by Gasteiger charge is -2.06. The molecule has 0 aromatic heterocycles. The molecular weight excluding hydrogens is 266 g/mol. The fourth-order valence-electron chi connectivity index (χ4n) is 1.02. The second-order valence-electron chi connectivity index (χ2n) is 3.09. The third-order valence-electron chi connectivity index (χ3n) is 1.83. The van der Waals surface area contributed by atoms with Crippen molar-refractivity contribution >= 4 is 28.7 Å². The highest BCUT2D eigenvalue weighted by Gasteiger charge is 2.18. The van der Waals surface area contributed by atoms with Gasteiger partial charge in [-0.2, -0.15) is 5.26 Å². The predicted octanol–water partition coefficient (Wildman–Crippen LogP) is -0.498. The topological polar surface area (TPSA) is 110 Å². The molecule has 1 rings (SSSR count). The largest absolute Gasteiger partial charge is 0.467 e. The number of nitriles is 1. The van der Waals surface area contributed by atoms with Crippen LogP contribution in [0, 0.1) is 11.3 Å². The number of hydrogen-bond donors (Lipinski definition) is 3. The molecule has 1 aromatic rings. The molecule has 0 aliphatic carbocycles. The maximum Gasteiger partial charge on any atom is 0.467 e. The minimum atomic E-state index is -3.87. The minimum absolute atomic E-state index is 0.0138. The summed E-state index contributed by atoms with van der Waals surface area (Å²) in [4.78, 5) is -0.151. The summed E-state index contributed by atoms with van der Waals surface area (Å²) in [5.41, 5.74) is 0.160. The van der Waals surface area contributed by atoms with Gasteiger partial charge in [-0.3, -0.25) is 0 Å². The number of nitrogens with zero attached hydrogens (tertiary/aromatic N) is 1. The highest BCUT2D eigenvalue weighted by Crippen LogP contribution is 2.19. The highest BCUT2D eigenvalue weighted by molar-refractivity contribution is 7.89. The number of halogens is 1. The van der Waals surface area contributed by atoms with Crippen LogP contribution < -0.4 is 4.72 Å². The van der Waals surface area contributed by atoms with E-state index >= 15 is 0 Å². The van der Waals surface area contributed by atoms with Gasteiger partial charge < -0.3 is 10.0 Å². The van der Waals surface area contributed by atoms with Gasteiger partial charge in [0.05, 0.1) is 15.5 Å². The van der Waals surface area contributed by atoms with Crippen LogP contribution in [0.25, 0.3) is 0 Å². The van der Waals surface area contributed by atoms with E-state index in [1.54, 1.807) is 6.07 Å². The molecule has 90 valence electrons. The third kappa shape index (κ3) is 3.69. The molecule has 0 aliphatic rings. The molecule has 0 aliphatic heterocycles. The van der Waals surface area contributed by atoms with Gasteiger partial charge in [-0.05, 0) is 18.2 Å². The summed E-state index contributed by atoms with van der Waals surface area (Å²) < 4.78 is 25.2. The van der Waals surface area contributed by atoms with Crippen molar-refractivity contribution in [3.8, 4) is 6.07 Å². The van der Waals surface area contributed by atoms with Gasteiger partial charge in [0, 0.05) is 6.44 Å². The van der Waals surface area contributed by atoms with E-state index < -0.39 is 23.6 Å². The Bertz CT molecular complexity index is 555. The van der Waals surface area contributed by atoms with Crippen LogP contribution in [-0.4, -0.2) is 32.0 Å². The van der Waals surface area contributed by atoms with E-state index in [0.29, 0.717) is 0 Å². The van der Waals surface area contributed by atoms with Crippen LogP contribution in [0.1, 0.15) is 5.56 Å². The lowest BCUT2D eigenvalue weighted by atomic mass is 9.94. The molecule has 0 atom stereocenters. The molecule has 9 heteroatoms. The summed E-state index contributed by atoms with van der Waals surface area (Å²) >= 11 is 5.68. The smallest absolute Gasteiger partial charge is 0.426 e. The van der Waals surface area contributed by atoms with Crippen LogP contribution in [0.3, 0.4) is 0 Å². The van der Waals surface area contributed by atoms with E-state index in [-0.39, 0.29) is 15.5 Å². The summed E-state index contributed by atoms with van der Waals surface area (Å²) in [7, 11) is -5.65. The molecule has 1 aromatic carbocycles. The van der Waals surface area contributed by atoms with Gasteiger partial charge in [-0.15, -0.1) is 0 Å². The van der Waals surface area contributed by atoms with Gasteiger partial charge in [0.25, 0.3) is 0 Å². The molecule has 0 amide bonds. The van der Waals surface area contributed by atoms with E-state index in [2.05, 4.69) is 0 Å². The second-order valence-corrected chi connectivity index (χ2v) is 5.26. The molecule has 6 nitrogen and oxygen atoms in total. The fourth-order valence-corrected chi connectivity index (χ4v) is 2.36. The van der Waals surface area contributed by atoms with E-state index in [9.17, 15) is 8.42 Å². The third-order valence-corrected chi connectivity index (χ3v) is 3.56. The Labute approximate surface area is 104 Å². The van der Waals surface area contributed by atoms with Crippen molar-refractivity contribution in [1.29, 1.82) is 5.26 Å². The molecule has 0 fully saturated rings. The Morgan fingerprint density at radius 1 is 1.47 bits per heavy atom. The molecule has 0 heterocycles. The summed E-state index contributed by atoms with van der Waals surface area (Å²) in [5, 5.41) is 25.8. The zero-order valence-corrected chi connectivity index (χ0v) is 10.0. The monoisotopic (exact) mass is 274 g/mol. The van der Waals surface area contributed by atoms with E-state index in [0.717, 1.165) is 6.07 Å². The summed E-state index contributed by atoms with van der Waals surface area (Å²) in [6.07, 6.45) is -0.528. The summed E-state index contributed by atoms with van der Waals surface area (Å²) in [5.74, 6) is 0. The van der Waals surface area contributed by atoms with Gasteiger partial charge in [-0.1, -0.05) is 11.6 Å². The fraction of sp³-hybridized carbons (Fsp3) is 0.125. The molecule has 0 bridgehead atoms. The van der Waals surface area contributed by atoms with Crippen molar-refractivity contribution in [2.24, 2.45) is 0 Å². The van der Waals surface area contributed by atoms with Gasteiger partial charge in [0.15, 0.2) is 0 Å². The van der Waals surface area contributed by atoms with E-state index in [1.807, 2.05) is 4.72 Å². The molecule has 0 radical (unpaired) electrons. The molecule has 0 saturated carbocycles. The van der Waals surface area contributed by atoms with Crippen LogP contribution in [0.4, 0.5) is 0 Å². The number of hydrogen-bond acceptors (Lipinski definition) is 5. The first-order chi connectivity index (χ1) is 7.86. The highest BCUT2D eigenvalue weighted by atomic mass is 35.5. The molecular formula is C8H8BClN2O4S. The zero-order valence-electron chi connectivity index (χ0n) is 8.46. The van der Waals surface area contributed by atoms with Crippen molar-refractivity contribution in [2.45, 2.75) is 4.90 Å². The maximum absolute atomic E-state index is 11.6. The van der Waals surface area contributed by atoms with Gasteiger partial charge in [0.2, 0.25) is 10.0 Å². The number of benzene rings is 1. The molecule has 0 unspecified atom stereocenters. The molecule has 0 spiro atoms. The number of sulfonamides is 1. The lowest BCUT2D eigenvalue weighted by Crippen LogP contribution is -2.35. The number of rotatable bonds is 4. The average Bonchev–Trinajstić information content (AvgIpc) is 2.26. The molecule has 0 saturated heterocycles. The minimum Gasteiger partial charge on any atom is -0.426 e. The van der Waals surface area contributed by atoms with Crippen LogP contribution >= 0.6 is 11.6 Å². The summed E-state index contributed by atoms with van der Waals surface area (Å²) in [6, 6.07) is 5.39. The van der Waals surface area contributed by atoms with Crippen LogP contribution in [0.5, 0.6) is 0 Å². The van der Waals surface area contributed by atoms with E-state index in [4.69, 9.17) is 26.9 Å². The van der Waals surface area contributed by atoms with E-state index in [1.165, 1.54) is 12.1 Å². The van der Waals surface area contributed by atoms with Crippen molar-refractivity contribution in [1.82, 2.24) is 4.72 Å². The van der Waals surface area contributed by atoms with Crippen LogP contribution in [0.15, 0.2) is 23.1 Å². The first-order valence-corrected chi connectivity index (χ1v) is 6.28. The van der Waals surface area contributed by atoms with Gasteiger partial charge in [-0.25, -0.2) is 13.1 Å². The summed E-state index contributed by atoms with van der Waals surface area (Å²) in [6.45, 7) is 0. The van der Waals surface area contributed by atoms with Crippen LogP contribution in [-0.2, 0) is 10.0 Å². The van der Waals surface area contributed by atoms with Gasteiger partial charge in [0.1, 0.15) is 6.07 Å². The number of nitrogens with one attached hydrogen (secondary N) is 1. The quantitative estimate of drug-likeness (QED) is 0.641. The Balaban J connectivity index is 3.01. The SMILES string of the molecule is N#Cc1ccc(S(=O)(=O)NCB(O)O)cc1Cl. The molecule has 3 N–H and O–H groups in total. The first kappa shape index (κ1) is 14.0. The normalized spacial score (nSPS) is 10.9. The Kier molecular flexibility index (Phi) is 4.50. The lowest BCUT2D eigenvalue weighted by molar-refractivity contribution is 0.404. The zero-order chi connectivity index (χ0) is 13.1. The standard InChI is InChI=1S/C8H8BClN2O4S/c10-8-3-7(2-1-6(8)4-11)17(15,16)12-5-9(13)14/h1-3,12-14H,5H2. The van der Waals surface area contributed by atoms with Gasteiger partial charge >= 0.3 is 7.12 Å². The second kappa shape index (κ2) is 5.49. The average molecular weight is 274 g/mol. The Hall–Kier alpha value is -1.11.